The third kappa shape index (κ3) is 4.10. The van der Waals surface area contributed by atoms with Gasteiger partial charge in [0.1, 0.15) is 0 Å². The lowest BCUT2D eigenvalue weighted by atomic mass is 10.3. The van der Waals surface area contributed by atoms with Gasteiger partial charge < -0.3 is 5.11 Å². The average Bonchev–Trinajstić information content (AvgIpc) is 1.68. The van der Waals surface area contributed by atoms with E-state index in [0.717, 1.165) is 12.8 Å². The first-order chi connectivity index (χ1) is 3.31. The third-order valence-corrected chi connectivity index (χ3v) is 1.41. The molecular formula is C5H11ClO. The summed E-state index contributed by atoms with van der Waals surface area (Å²) in [5.74, 6) is 0. The maximum atomic E-state index is 8.28. The quantitative estimate of drug-likeness (QED) is 0.561. The van der Waals surface area contributed by atoms with Gasteiger partial charge >= 0.3 is 0 Å². The van der Waals surface area contributed by atoms with Crippen LogP contribution in [0.4, 0.5) is 0 Å². The van der Waals surface area contributed by atoms with Crippen LogP contribution < -0.4 is 0 Å². The van der Waals surface area contributed by atoms with Crippen LogP contribution in [0, 0.1) is 0 Å². The Hall–Kier alpha value is 0.250. The summed E-state index contributed by atoms with van der Waals surface area (Å²) < 4.78 is 0. The molecule has 0 aromatic heterocycles. The Labute approximate surface area is 49.3 Å². The topological polar surface area (TPSA) is 20.2 Å². The van der Waals surface area contributed by atoms with Crippen molar-refractivity contribution in [3.63, 3.8) is 0 Å². The fourth-order valence-corrected chi connectivity index (χ4v) is 0.442. The number of alkyl halides is 1. The van der Waals surface area contributed by atoms with E-state index in [0.29, 0.717) is 0 Å². The van der Waals surface area contributed by atoms with E-state index < -0.39 is 0 Å². The molecule has 0 aliphatic carbocycles. The minimum Gasteiger partial charge on any atom is -0.396 e. The van der Waals surface area contributed by atoms with Gasteiger partial charge in [0.2, 0.25) is 0 Å². The molecule has 0 aliphatic heterocycles. The third-order valence-electron chi connectivity index (χ3n) is 0.885. The lowest BCUT2D eigenvalue weighted by Crippen LogP contribution is -1.97. The Morgan fingerprint density at radius 3 is 2.43 bits per heavy atom. The van der Waals surface area contributed by atoms with Crippen LogP contribution in [-0.2, 0) is 0 Å². The molecule has 0 spiro atoms. The average molecular weight is 123 g/mol. The summed E-state index contributed by atoms with van der Waals surface area (Å²) in [6.07, 6.45) is 1.67. The molecule has 0 amide bonds. The Kier molecular flexibility index (Phi) is 4.57. The smallest absolute Gasteiger partial charge is 0.0445 e. The Bertz CT molecular complexity index is 39.1. The second kappa shape index (κ2) is 4.41. The molecule has 0 fully saturated rings. The van der Waals surface area contributed by atoms with Crippen LogP contribution in [0.3, 0.4) is 0 Å². The van der Waals surface area contributed by atoms with Gasteiger partial charge in [0.05, 0.1) is 0 Å². The van der Waals surface area contributed by atoms with Crippen molar-refractivity contribution in [1.29, 1.82) is 0 Å². The zero-order chi connectivity index (χ0) is 5.70. The van der Waals surface area contributed by atoms with Crippen molar-refractivity contribution in [2.45, 2.75) is 25.1 Å². The molecule has 7 heavy (non-hydrogen) atoms. The van der Waals surface area contributed by atoms with E-state index >= 15 is 0 Å². The molecule has 44 valence electrons. The SMILES string of the molecule is CCC(Cl)CCO. The summed E-state index contributed by atoms with van der Waals surface area (Å²) in [5, 5.41) is 8.45. The number of aliphatic hydroxyl groups excluding tert-OH is 1. The van der Waals surface area contributed by atoms with Crippen molar-refractivity contribution in [1.82, 2.24) is 0 Å². The Morgan fingerprint density at radius 2 is 2.29 bits per heavy atom. The van der Waals surface area contributed by atoms with Crippen molar-refractivity contribution in [3.8, 4) is 0 Å². The van der Waals surface area contributed by atoms with Gasteiger partial charge in [-0.3, -0.25) is 0 Å². The van der Waals surface area contributed by atoms with Gasteiger partial charge in [-0.1, -0.05) is 6.92 Å². The molecule has 0 rings (SSSR count). The minimum atomic E-state index is 0.171. The fraction of sp³-hybridized carbons (Fsp3) is 1.00. The largest absolute Gasteiger partial charge is 0.396 e. The van der Waals surface area contributed by atoms with Crippen LogP contribution in [0.15, 0.2) is 0 Å². The van der Waals surface area contributed by atoms with E-state index in [4.69, 9.17) is 16.7 Å². The first-order valence-corrected chi connectivity index (χ1v) is 2.99. The summed E-state index contributed by atoms with van der Waals surface area (Å²) in [5.41, 5.74) is 0. The van der Waals surface area contributed by atoms with Crippen LogP contribution in [0.2, 0.25) is 0 Å². The molecule has 1 unspecified atom stereocenters. The summed E-state index contributed by atoms with van der Waals surface area (Å²) >= 11 is 5.61. The van der Waals surface area contributed by atoms with E-state index in [2.05, 4.69) is 0 Å². The summed E-state index contributed by atoms with van der Waals surface area (Å²) in [7, 11) is 0. The number of aliphatic hydroxyl groups is 1. The molecule has 0 radical (unpaired) electrons. The highest BCUT2D eigenvalue weighted by molar-refractivity contribution is 6.20. The monoisotopic (exact) mass is 122 g/mol. The molecule has 2 heteroatoms. The van der Waals surface area contributed by atoms with Crippen molar-refractivity contribution >= 4 is 11.6 Å². The number of hydrogen-bond acceptors (Lipinski definition) is 1. The molecule has 0 aromatic carbocycles. The molecule has 0 bridgehead atoms. The van der Waals surface area contributed by atoms with Crippen LogP contribution in [-0.4, -0.2) is 17.1 Å². The number of halogens is 1. The molecule has 0 saturated carbocycles. The van der Waals surface area contributed by atoms with Gasteiger partial charge in [0.15, 0.2) is 0 Å². The predicted molar refractivity (Wildman–Crippen MR) is 31.6 cm³/mol. The van der Waals surface area contributed by atoms with Gasteiger partial charge in [-0.2, -0.15) is 0 Å². The van der Waals surface area contributed by atoms with Crippen molar-refractivity contribution in [2.24, 2.45) is 0 Å². The van der Waals surface area contributed by atoms with Crippen LogP contribution in [0.1, 0.15) is 19.8 Å². The van der Waals surface area contributed by atoms with Crippen LogP contribution in [0.25, 0.3) is 0 Å². The molecule has 1 atom stereocenters. The highest BCUT2D eigenvalue weighted by Crippen LogP contribution is 2.03. The maximum Gasteiger partial charge on any atom is 0.0445 e. The lowest BCUT2D eigenvalue weighted by molar-refractivity contribution is 0.285. The first-order valence-electron chi connectivity index (χ1n) is 2.56. The van der Waals surface area contributed by atoms with Crippen LogP contribution in [0.5, 0.6) is 0 Å². The maximum absolute atomic E-state index is 8.28. The zero-order valence-corrected chi connectivity index (χ0v) is 5.28. The van der Waals surface area contributed by atoms with E-state index in [9.17, 15) is 0 Å². The second-order valence-corrected chi connectivity index (χ2v) is 2.14. The number of hydrogen-bond donors (Lipinski definition) is 1. The highest BCUT2D eigenvalue weighted by Gasteiger charge is 1.96. The molecule has 1 nitrogen and oxygen atoms in total. The van der Waals surface area contributed by atoms with Gasteiger partial charge in [-0.05, 0) is 12.8 Å². The van der Waals surface area contributed by atoms with E-state index in [1.807, 2.05) is 6.92 Å². The van der Waals surface area contributed by atoms with Crippen molar-refractivity contribution in [2.75, 3.05) is 6.61 Å². The van der Waals surface area contributed by atoms with Crippen molar-refractivity contribution in [3.05, 3.63) is 0 Å². The van der Waals surface area contributed by atoms with Gasteiger partial charge in [-0.25, -0.2) is 0 Å². The standard InChI is InChI=1S/C5H11ClO/c1-2-5(6)3-4-7/h5,7H,2-4H2,1H3. The molecule has 1 N–H and O–H groups in total. The van der Waals surface area contributed by atoms with E-state index in [1.165, 1.54) is 0 Å². The second-order valence-electron chi connectivity index (χ2n) is 1.52. The molecular weight excluding hydrogens is 112 g/mol. The highest BCUT2D eigenvalue weighted by atomic mass is 35.5. The lowest BCUT2D eigenvalue weighted by Gasteiger charge is -1.99. The predicted octanol–water partition coefficient (Wildman–Crippen LogP) is 1.39. The molecule has 0 aromatic rings. The van der Waals surface area contributed by atoms with Gasteiger partial charge in [0, 0.05) is 12.0 Å². The zero-order valence-electron chi connectivity index (χ0n) is 4.52. The first kappa shape index (κ1) is 7.25. The van der Waals surface area contributed by atoms with E-state index in [-0.39, 0.29) is 12.0 Å². The Morgan fingerprint density at radius 1 is 1.71 bits per heavy atom. The molecule has 0 heterocycles. The number of rotatable bonds is 3. The van der Waals surface area contributed by atoms with Gasteiger partial charge in [-0.15, -0.1) is 11.6 Å². The fourth-order valence-electron chi connectivity index (χ4n) is 0.344. The van der Waals surface area contributed by atoms with Gasteiger partial charge in [0.25, 0.3) is 0 Å². The molecule has 0 saturated heterocycles. The van der Waals surface area contributed by atoms with Crippen LogP contribution >= 0.6 is 11.6 Å². The summed E-state index contributed by atoms with van der Waals surface area (Å²) in [6, 6.07) is 0. The van der Waals surface area contributed by atoms with Crippen molar-refractivity contribution < 1.29 is 5.11 Å². The minimum absolute atomic E-state index is 0.171. The normalized spacial score (nSPS) is 14.1. The summed E-state index contributed by atoms with van der Waals surface area (Å²) in [6.45, 7) is 2.22. The van der Waals surface area contributed by atoms with E-state index in [1.54, 1.807) is 0 Å². The Balaban J connectivity index is 2.83. The molecule has 0 aliphatic rings. The summed E-state index contributed by atoms with van der Waals surface area (Å²) in [4.78, 5) is 0.